The Hall–Kier alpha value is -1.92. The fourth-order valence-electron chi connectivity index (χ4n) is 1.48. The molecule has 0 atom stereocenters. The van der Waals surface area contributed by atoms with Crippen molar-refractivity contribution in [2.24, 2.45) is 0 Å². The standard InChI is InChI=1S/C11H8ClNO5/c1-17-9(14)5-18-13-10(15)7-3-2-6(12)4-8(7)11(13)16/h2-4H,5H2,1H3. The molecule has 1 heterocycles. The molecule has 2 amide bonds. The third-order valence-electron chi connectivity index (χ3n) is 2.35. The van der Waals surface area contributed by atoms with Crippen LogP contribution < -0.4 is 0 Å². The molecule has 0 aromatic heterocycles. The Kier molecular flexibility index (Phi) is 3.31. The Morgan fingerprint density at radius 2 is 1.94 bits per heavy atom. The third-order valence-corrected chi connectivity index (χ3v) is 2.59. The normalized spacial score (nSPS) is 13.8. The van der Waals surface area contributed by atoms with Crippen LogP contribution in [-0.4, -0.2) is 36.6 Å². The lowest BCUT2D eigenvalue weighted by atomic mass is 10.1. The van der Waals surface area contributed by atoms with Gasteiger partial charge in [0.25, 0.3) is 11.8 Å². The summed E-state index contributed by atoms with van der Waals surface area (Å²) in [5.41, 5.74) is 0.339. The Labute approximate surface area is 107 Å². The number of carbonyl (C=O) groups excluding carboxylic acids is 3. The highest BCUT2D eigenvalue weighted by atomic mass is 35.5. The average molecular weight is 270 g/mol. The second-order valence-electron chi connectivity index (χ2n) is 3.44. The number of hydroxylamine groups is 2. The van der Waals surface area contributed by atoms with E-state index in [0.29, 0.717) is 10.1 Å². The Morgan fingerprint density at radius 3 is 2.61 bits per heavy atom. The van der Waals surface area contributed by atoms with E-state index in [1.807, 2.05) is 0 Å². The summed E-state index contributed by atoms with van der Waals surface area (Å²) in [5.74, 6) is -1.97. The van der Waals surface area contributed by atoms with Gasteiger partial charge in [0.15, 0.2) is 6.61 Å². The van der Waals surface area contributed by atoms with Gasteiger partial charge >= 0.3 is 5.97 Å². The minimum absolute atomic E-state index is 0.150. The molecule has 0 saturated heterocycles. The van der Waals surface area contributed by atoms with Crippen molar-refractivity contribution in [3.8, 4) is 0 Å². The quantitative estimate of drug-likeness (QED) is 0.605. The number of benzene rings is 1. The van der Waals surface area contributed by atoms with Crippen molar-refractivity contribution in [3.63, 3.8) is 0 Å². The average Bonchev–Trinajstić information content (AvgIpc) is 2.59. The van der Waals surface area contributed by atoms with Crippen LogP contribution in [0.3, 0.4) is 0 Å². The van der Waals surface area contributed by atoms with Gasteiger partial charge in [-0.1, -0.05) is 11.6 Å². The number of hydrogen-bond acceptors (Lipinski definition) is 5. The lowest BCUT2D eigenvalue weighted by Crippen LogP contribution is -2.32. The van der Waals surface area contributed by atoms with Crippen LogP contribution in [0.1, 0.15) is 20.7 Å². The summed E-state index contributed by atoms with van der Waals surface area (Å²) in [6.45, 7) is -0.518. The largest absolute Gasteiger partial charge is 0.467 e. The third kappa shape index (κ3) is 2.07. The van der Waals surface area contributed by atoms with Crippen molar-refractivity contribution in [2.45, 2.75) is 0 Å². The monoisotopic (exact) mass is 269 g/mol. The molecule has 7 heteroatoms. The molecule has 0 unspecified atom stereocenters. The molecule has 94 valence electrons. The molecule has 0 radical (unpaired) electrons. The van der Waals surface area contributed by atoms with Crippen molar-refractivity contribution in [2.75, 3.05) is 13.7 Å². The van der Waals surface area contributed by atoms with Crippen LogP contribution in [-0.2, 0) is 14.4 Å². The zero-order valence-corrected chi connectivity index (χ0v) is 10.1. The van der Waals surface area contributed by atoms with E-state index in [0.717, 1.165) is 0 Å². The smallest absolute Gasteiger partial charge is 0.334 e. The molecule has 2 rings (SSSR count). The summed E-state index contributed by atoms with van der Waals surface area (Å²) in [7, 11) is 1.17. The first kappa shape index (κ1) is 12.5. The maximum atomic E-state index is 11.8. The van der Waals surface area contributed by atoms with E-state index < -0.39 is 24.4 Å². The number of methoxy groups -OCH3 is 1. The molecule has 0 fully saturated rings. The number of hydrogen-bond donors (Lipinski definition) is 0. The van der Waals surface area contributed by atoms with Gasteiger partial charge in [0.1, 0.15) is 0 Å². The van der Waals surface area contributed by atoms with Crippen LogP contribution in [0.4, 0.5) is 0 Å². The van der Waals surface area contributed by atoms with E-state index in [1.165, 1.54) is 25.3 Å². The number of fused-ring (bicyclic) bond motifs is 1. The van der Waals surface area contributed by atoms with E-state index in [4.69, 9.17) is 16.4 Å². The highest BCUT2D eigenvalue weighted by Crippen LogP contribution is 2.25. The van der Waals surface area contributed by atoms with Crippen molar-refractivity contribution < 1.29 is 24.0 Å². The predicted octanol–water partition coefficient (Wildman–Crippen LogP) is 1.04. The highest BCUT2D eigenvalue weighted by molar-refractivity contribution is 6.32. The molecule has 1 aromatic rings. The Morgan fingerprint density at radius 1 is 1.28 bits per heavy atom. The van der Waals surface area contributed by atoms with Crippen LogP contribution in [0.5, 0.6) is 0 Å². The van der Waals surface area contributed by atoms with Gasteiger partial charge in [0.2, 0.25) is 0 Å². The summed E-state index contributed by atoms with van der Waals surface area (Å²) >= 11 is 5.74. The zero-order chi connectivity index (χ0) is 13.3. The number of carbonyl (C=O) groups is 3. The van der Waals surface area contributed by atoms with E-state index in [1.54, 1.807) is 0 Å². The maximum Gasteiger partial charge on any atom is 0.334 e. The topological polar surface area (TPSA) is 72.9 Å². The second kappa shape index (κ2) is 4.75. The fourth-order valence-corrected chi connectivity index (χ4v) is 1.66. The van der Waals surface area contributed by atoms with Crippen LogP contribution >= 0.6 is 11.6 Å². The maximum absolute atomic E-state index is 11.8. The summed E-state index contributed by atoms with van der Waals surface area (Å²) < 4.78 is 4.34. The van der Waals surface area contributed by atoms with Crippen LogP contribution in [0.2, 0.25) is 5.02 Å². The number of ether oxygens (including phenoxy) is 1. The molecule has 0 aliphatic carbocycles. The van der Waals surface area contributed by atoms with Crippen LogP contribution in [0.15, 0.2) is 18.2 Å². The number of amides is 2. The summed E-state index contributed by atoms with van der Waals surface area (Å²) in [4.78, 5) is 39.3. The number of nitrogens with zero attached hydrogens (tertiary/aromatic N) is 1. The van der Waals surface area contributed by atoms with Gasteiger partial charge < -0.3 is 4.74 Å². The Balaban J connectivity index is 2.21. The molecule has 0 spiro atoms. The highest BCUT2D eigenvalue weighted by Gasteiger charge is 2.37. The predicted molar refractivity (Wildman–Crippen MR) is 59.9 cm³/mol. The number of esters is 1. The van der Waals surface area contributed by atoms with Crippen molar-refractivity contribution in [1.29, 1.82) is 0 Å². The van der Waals surface area contributed by atoms with Gasteiger partial charge in [-0.25, -0.2) is 4.79 Å². The second-order valence-corrected chi connectivity index (χ2v) is 3.88. The first-order chi connectivity index (χ1) is 8.54. The van der Waals surface area contributed by atoms with E-state index in [2.05, 4.69) is 4.74 Å². The molecule has 1 aliphatic rings. The minimum Gasteiger partial charge on any atom is -0.467 e. The SMILES string of the molecule is COC(=O)CON1C(=O)c2ccc(Cl)cc2C1=O. The molecular formula is C11H8ClNO5. The summed E-state index contributed by atoms with van der Waals surface area (Å²) in [6, 6.07) is 4.30. The molecular weight excluding hydrogens is 262 g/mol. The van der Waals surface area contributed by atoms with Gasteiger partial charge in [-0.15, -0.1) is 5.06 Å². The van der Waals surface area contributed by atoms with E-state index in [-0.39, 0.29) is 11.1 Å². The molecule has 1 aliphatic heterocycles. The van der Waals surface area contributed by atoms with E-state index in [9.17, 15) is 14.4 Å². The van der Waals surface area contributed by atoms with E-state index >= 15 is 0 Å². The lowest BCUT2D eigenvalue weighted by molar-refractivity contribution is -0.158. The molecule has 0 bridgehead atoms. The molecule has 6 nitrogen and oxygen atoms in total. The van der Waals surface area contributed by atoms with Gasteiger partial charge in [-0.2, -0.15) is 0 Å². The van der Waals surface area contributed by atoms with Crippen molar-refractivity contribution in [3.05, 3.63) is 34.3 Å². The van der Waals surface area contributed by atoms with Crippen LogP contribution in [0, 0.1) is 0 Å². The number of halogens is 1. The molecule has 0 N–H and O–H groups in total. The minimum atomic E-state index is -0.690. The van der Waals surface area contributed by atoms with Gasteiger partial charge in [0.05, 0.1) is 18.2 Å². The van der Waals surface area contributed by atoms with Crippen molar-refractivity contribution >= 4 is 29.4 Å². The van der Waals surface area contributed by atoms with Crippen LogP contribution in [0.25, 0.3) is 0 Å². The van der Waals surface area contributed by atoms with Crippen molar-refractivity contribution in [1.82, 2.24) is 5.06 Å². The molecule has 1 aromatic carbocycles. The zero-order valence-electron chi connectivity index (χ0n) is 9.31. The summed E-state index contributed by atoms with van der Waals surface area (Å²) in [5, 5.41) is 0.863. The lowest BCUT2D eigenvalue weighted by Gasteiger charge is -2.11. The molecule has 18 heavy (non-hydrogen) atoms. The first-order valence-electron chi connectivity index (χ1n) is 4.92. The van der Waals surface area contributed by atoms with Gasteiger partial charge in [0, 0.05) is 5.02 Å². The number of imide groups is 1. The fraction of sp³-hybridized carbons (Fsp3) is 0.182. The number of rotatable bonds is 3. The first-order valence-corrected chi connectivity index (χ1v) is 5.30. The van der Waals surface area contributed by atoms with Gasteiger partial charge in [-0.3, -0.25) is 14.4 Å². The Bertz CT molecular complexity index is 542. The molecule has 0 saturated carbocycles. The van der Waals surface area contributed by atoms with Gasteiger partial charge in [-0.05, 0) is 18.2 Å². The summed E-state index contributed by atoms with van der Waals surface area (Å²) in [6.07, 6.45) is 0.